The van der Waals surface area contributed by atoms with Crippen molar-refractivity contribution in [3.63, 3.8) is 0 Å². The van der Waals surface area contributed by atoms with Crippen LogP contribution in [-0.2, 0) is 43.7 Å². The summed E-state index contributed by atoms with van der Waals surface area (Å²) in [6.07, 6.45) is -3.00. The summed E-state index contributed by atoms with van der Waals surface area (Å²) in [7, 11) is 1.38. The Kier molecular flexibility index (Phi) is 17.4. The summed E-state index contributed by atoms with van der Waals surface area (Å²) in [5, 5.41) is 36.9. The normalized spacial score (nSPS) is 17.9. The zero-order chi connectivity index (χ0) is 56.8. The second-order valence-electron chi connectivity index (χ2n) is 19.7. The van der Waals surface area contributed by atoms with Gasteiger partial charge in [0.15, 0.2) is 17.2 Å². The standard InChI is InChI=1S/C60H54Cl2IN5O12/c1-60(2,3)80-59(75)68-49-36-25-43(63)53(70)46(26-36)79-54-41(61)23-37(24-42(54)62)52(69)51-58(74)66-50(55(71)64-4)40-27-38(76-29-32-14-8-5-9-15-32)28-45(78-31-34-18-12-7-13-19-34)47(40)39-22-35(48(56(72)67-51)65-57(49)73)20-21-44(39)77-30-33-16-10-6-11-17-33/h5-28,48-52,69-70H,29-31H2,1-4H3,(H,64,71)(H,65,73)(H,66,74)(H,67,72)(H,68,75)/t48-,49-,50+,51+,52-/m1/s1. The number of aliphatic hydroxyl groups excluding tert-OH is 1. The van der Waals surface area contributed by atoms with Gasteiger partial charge in [-0.3, -0.25) is 19.2 Å². The summed E-state index contributed by atoms with van der Waals surface area (Å²) >= 11 is 15.5. The number of carbonyl (C=O) groups is 5. The Morgan fingerprint density at radius 3 is 1.85 bits per heavy atom. The number of alkyl carbamates (subject to hydrolysis) is 1. The maximum Gasteiger partial charge on any atom is 0.408 e. The summed E-state index contributed by atoms with van der Waals surface area (Å²) in [6.45, 7) is 5.02. The highest BCUT2D eigenvalue weighted by molar-refractivity contribution is 14.1. The van der Waals surface area contributed by atoms with E-state index in [1.807, 2.05) is 114 Å². The van der Waals surface area contributed by atoms with E-state index in [2.05, 4.69) is 26.6 Å². The first-order chi connectivity index (χ1) is 38.3. The van der Waals surface area contributed by atoms with Gasteiger partial charge in [0.05, 0.1) is 13.6 Å². The molecule has 0 aliphatic carbocycles. The minimum Gasteiger partial charge on any atom is -0.504 e. The van der Waals surface area contributed by atoms with Gasteiger partial charge in [0.2, 0.25) is 23.6 Å². The number of hydrogen-bond donors (Lipinski definition) is 7. The number of hydrogen-bond acceptors (Lipinski definition) is 12. The number of phenolic OH excluding ortho intramolecular Hbond substituents is 1. The van der Waals surface area contributed by atoms with Crippen molar-refractivity contribution in [2.24, 2.45) is 0 Å². The lowest BCUT2D eigenvalue weighted by Gasteiger charge is -2.32. The number of benzene rings is 7. The van der Waals surface area contributed by atoms with Crippen molar-refractivity contribution in [3.05, 3.63) is 198 Å². The van der Waals surface area contributed by atoms with E-state index < -0.39 is 65.6 Å². The van der Waals surface area contributed by atoms with E-state index in [-0.39, 0.29) is 101 Å². The highest BCUT2D eigenvalue weighted by atomic mass is 127. The summed E-state index contributed by atoms with van der Waals surface area (Å²) in [5.74, 6) is -4.07. The van der Waals surface area contributed by atoms with Crippen LogP contribution in [0.4, 0.5) is 4.79 Å². The minimum absolute atomic E-state index is 0.000563. The summed E-state index contributed by atoms with van der Waals surface area (Å²) in [6, 6.07) is 34.2. The van der Waals surface area contributed by atoms with Crippen molar-refractivity contribution in [2.75, 3.05) is 7.05 Å². The molecule has 7 aromatic carbocycles. The lowest BCUT2D eigenvalue weighted by Crippen LogP contribution is -2.55. The molecule has 80 heavy (non-hydrogen) atoms. The van der Waals surface area contributed by atoms with E-state index in [1.165, 1.54) is 37.4 Å². The van der Waals surface area contributed by atoms with Crippen LogP contribution in [0.25, 0.3) is 11.1 Å². The maximum atomic E-state index is 15.4. The second-order valence-corrected chi connectivity index (χ2v) is 21.7. The summed E-state index contributed by atoms with van der Waals surface area (Å²) in [4.78, 5) is 74.4. The first-order valence-electron chi connectivity index (χ1n) is 25.2. The van der Waals surface area contributed by atoms with E-state index in [0.717, 1.165) is 16.7 Å². The molecule has 7 N–H and O–H groups in total. The number of fused-ring (bicyclic) bond motifs is 8. The van der Waals surface area contributed by atoms with Crippen LogP contribution < -0.4 is 45.5 Å². The highest BCUT2D eigenvalue weighted by Crippen LogP contribution is 2.47. The van der Waals surface area contributed by atoms with E-state index >= 15 is 14.4 Å². The fourth-order valence-corrected chi connectivity index (χ4v) is 10.2. The molecule has 10 rings (SSSR count). The third-order valence-electron chi connectivity index (χ3n) is 12.9. The molecule has 20 heteroatoms. The minimum atomic E-state index is -1.98. The quantitative estimate of drug-likeness (QED) is 0.0600. The Labute approximate surface area is 484 Å². The average Bonchev–Trinajstić information content (AvgIpc) is 3.48. The number of carbonyl (C=O) groups excluding carboxylic acids is 5. The molecule has 5 atom stereocenters. The SMILES string of the molecule is CNC(=O)[C@H]1NC(=O)[C@H]2NC(=O)[C@H](NC(=O)[C@H](NC(=O)OC(C)(C)C)c3cc(I)c(O)c(c3)Oc3c(Cl)cc(cc3Cl)[C@H]2O)c2ccc(OCc3ccccc3)c(c2)-c2c(OCc3ccccc3)cc(OCc3ccccc3)cc21. The van der Waals surface area contributed by atoms with Crippen molar-refractivity contribution >= 4 is 75.5 Å². The van der Waals surface area contributed by atoms with Crippen LogP contribution in [0, 0.1) is 3.57 Å². The molecule has 3 heterocycles. The Morgan fingerprint density at radius 2 is 1.26 bits per heavy atom. The van der Waals surface area contributed by atoms with Crippen LogP contribution in [0.5, 0.6) is 34.5 Å². The second kappa shape index (κ2) is 24.5. The predicted molar refractivity (Wildman–Crippen MR) is 306 cm³/mol. The van der Waals surface area contributed by atoms with E-state index in [1.54, 1.807) is 45.0 Å². The number of halogens is 3. The van der Waals surface area contributed by atoms with E-state index in [0.29, 0.717) is 0 Å². The predicted octanol–water partition coefficient (Wildman–Crippen LogP) is 10.4. The van der Waals surface area contributed by atoms with Crippen molar-refractivity contribution in [3.8, 4) is 45.6 Å². The fraction of sp³-hybridized carbons (Fsp3) is 0.217. The number of rotatable bonds is 11. The molecule has 0 saturated carbocycles. The Morgan fingerprint density at radius 1 is 0.675 bits per heavy atom. The molecule has 5 amide bonds. The Balaban J connectivity index is 1.32. The number of nitrogens with one attached hydrogen (secondary N) is 5. The molecule has 8 bridgehead atoms. The van der Waals surface area contributed by atoms with Crippen molar-refractivity contribution in [1.29, 1.82) is 0 Å². The van der Waals surface area contributed by atoms with Gasteiger partial charge in [0.25, 0.3) is 0 Å². The van der Waals surface area contributed by atoms with Gasteiger partial charge in [-0.2, -0.15) is 0 Å². The third kappa shape index (κ3) is 13.2. The van der Waals surface area contributed by atoms with E-state index in [4.69, 9.17) is 46.9 Å². The summed E-state index contributed by atoms with van der Waals surface area (Å²) < 4.78 is 31.8. The first-order valence-corrected chi connectivity index (χ1v) is 27.0. The van der Waals surface area contributed by atoms with Crippen molar-refractivity contribution in [1.82, 2.24) is 26.6 Å². The lowest BCUT2D eigenvalue weighted by molar-refractivity contribution is -0.136. The van der Waals surface area contributed by atoms with Crippen LogP contribution in [0.2, 0.25) is 10.0 Å². The average molecular weight is 1230 g/mol. The van der Waals surface area contributed by atoms with Crippen molar-refractivity contribution < 1.29 is 57.9 Å². The zero-order valence-electron chi connectivity index (χ0n) is 43.5. The molecule has 412 valence electrons. The highest BCUT2D eigenvalue weighted by Gasteiger charge is 2.40. The Bertz CT molecular complexity index is 3460. The van der Waals surface area contributed by atoms with Crippen LogP contribution in [0.3, 0.4) is 0 Å². The first kappa shape index (κ1) is 56.7. The number of phenols is 1. The van der Waals surface area contributed by atoms with Gasteiger partial charge < -0.3 is 60.5 Å². The Hall–Kier alpha value is -8.04. The molecule has 17 nitrogen and oxygen atoms in total. The van der Waals surface area contributed by atoms with Crippen LogP contribution >= 0.6 is 45.8 Å². The maximum absolute atomic E-state index is 15.4. The molecule has 0 unspecified atom stereocenters. The molecule has 0 spiro atoms. The molecular formula is C60H54Cl2IN5O12. The van der Waals surface area contributed by atoms with Gasteiger partial charge in [0, 0.05) is 24.2 Å². The molecule has 0 fully saturated rings. The van der Waals surface area contributed by atoms with Gasteiger partial charge in [-0.1, -0.05) is 120 Å². The molecular weight excluding hydrogens is 1180 g/mol. The topological polar surface area (TPSA) is 232 Å². The fourth-order valence-electron chi connectivity index (χ4n) is 9.01. The van der Waals surface area contributed by atoms with Gasteiger partial charge >= 0.3 is 6.09 Å². The van der Waals surface area contributed by atoms with Gasteiger partial charge in [0.1, 0.15) is 72.9 Å². The smallest absolute Gasteiger partial charge is 0.408 e. The molecule has 0 radical (unpaired) electrons. The number of amides is 5. The number of aliphatic hydroxyl groups is 1. The van der Waals surface area contributed by atoms with Crippen LogP contribution in [0.1, 0.15) is 83.9 Å². The molecule has 3 aliphatic rings. The largest absolute Gasteiger partial charge is 0.504 e. The zero-order valence-corrected chi connectivity index (χ0v) is 47.1. The van der Waals surface area contributed by atoms with Gasteiger partial charge in [-0.05, 0) is 125 Å². The molecule has 0 saturated heterocycles. The summed E-state index contributed by atoms with van der Waals surface area (Å²) in [5.41, 5.74) is 1.98. The molecule has 3 aliphatic heterocycles. The molecule has 0 aromatic heterocycles. The van der Waals surface area contributed by atoms with Gasteiger partial charge in [-0.25, -0.2) is 4.79 Å². The van der Waals surface area contributed by atoms with Gasteiger partial charge in [-0.15, -0.1) is 0 Å². The van der Waals surface area contributed by atoms with Crippen molar-refractivity contribution in [2.45, 2.75) is 76.5 Å². The van der Waals surface area contributed by atoms with E-state index in [9.17, 15) is 19.8 Å². The number of ether oxygens (including phenoxy) is 5. The third-order valence-corrected chi connectivity index (χ3v) is 14.3. The van der Waals surface area contributed by atoms with Crippen LogP contribution in [0.15, 0.2) is 146 Å². The number of likely N-dealkylation sites (N-methyl/N-ethyl adjacent to an activating group) is 1. The monoisotopic (exact) mass is 1230 g/mol. The lowest BCUT2D eigenvalue weighted by atomic mass is 9.89. The van der Waals surface area contributed by atoms with Crippen LogP contribution in [-0.4, -0.2) is 58.6 Å². The molecule has 7 aromatic rings. The number of aromatic hydroxyl groups is 1.